The predicted octanol–water partition coefficient (Wildman–Crippen LogP) is 1.58. The highest BCUT2D eigenvalue weighted by Gasteiger charge is 2.34. The molecule has 0 amide bonds. The number of primary sulfonamides is 1. The number of ether oxygens (including phenoxy) is 1. The van der Waals surface area contributed by atoms with Crippen LogP contribution in [0, 0.1) is 0 Å². The average Bonchev–Trinajstić information content (AvgIpc) is 2.08. The Balaban J connectivity index is 3.41. The maximum absolute atomic E-state index is 12.1. The van der Waals surface area contributed by atoms with Crippen LogP contribution in [0.1, 0.15) is 0 Å². The maximum Gasteiger partial charge on any atom is 0.573 e. The van der Waals surface area contributed by atoms with E-state index in [4.69, 9.17) is 10.9 Å². The lowest BCUT2D eigenvalue weighted by Gasteiger charge is -2.14. The van der Waals surface area contributed by atoms with Gasteiger partial charge < -0.3 is 10.5 Å². The van der Waals surface area contributed by atoms with Crippen molar-refractivity contribution in [2.45, 2.75) is 11.3 Å². The van der Waals surface area contributed by atoms with E-state index in [1.54, 1.807) is 0 Å². The lowest BCUT2D eigenvalue weighted by Crippen LogP contribution is -2.20. The molecule has 0 heterocycles. The van der Waals surface area contributed by atoms with Crippen LogP contribution in [0.3, 0.4) is 0 Å². The van der Waals surface area contributed by atoms with Crippen LogP contribution in [0.4, 0.5) is 18.9 Å². The van der Waals surface area contributed by atoms with Gasteiger partial charge in [-0.2, -0.15) is 0 Å². The second-order valence-corrected chi connectivity index (χ2v) is 5.21. The highest BCUT2D eigenvalue weighted by molar-refractivity contribution is 9.10. The quantitative estimate of drug-likeness (QED) is 0.802. The summed E-state index contributed by atoms with van der Waals surface area (Å²) in [7, 11) is -4.18. The third-order valence-electron chi connectivity index (χ3n) is 1.62. The molecule has 96 valence electrons. The predicted molar refractivity (Wildman–Crippen MR) is 56.6 cm³/mol. The summed E-state index contributed by atoms with van der Waals surface area (Å²) in [6.45, 7) is 0. The molecule has 0 aromatic heterocycles. The molecule has 0 aliphatic rings. The van der Waals surface area contributed by atoms with E-state index < -0.39 is 31.5 Å². The van der Waals surface area contributed by atoms with Gasteiger partial charge >= 0.3 is 6.36 Å². The Labute approximate surface area is 103 Å². The minimum absolute atomic E-state index is 0.374. The number of rotatable bonds is 2. The van der Waals surface area contributed by atoms with E-state index in [9.17, 15) is 21.6 Å². The molecule has 0 fully saturated rings. The van der Waals surface area contributed by atoms with E-state index in [0.29, 0.717) is 0 Å². The van der Waals surface area contributed by atoms with Gasteiger partial charge in [0.1, 0.15) is 0 Å². The highest BCUT2D eigenvalue weighted by Crippen LogP contribution is 2.39. The molecule has 0 radical (unpaired) electrons. The molecule has 0 saturated heterocycles. The fourth-order valence-corrected chi connectivity index (χ4v) is 2.71. The maximum atomic E-state index is 12.1. The zero-order valence-corrected chi connectivity index (χ0v) is 10.4. The Kier molecular flexibility index (Phi) is 3.60. The second-order valence-electron chi connectivity index (χ2n) is 2.89. The van der Waals surface area contributed by atoms with Crippen LogP contribution in [0.25, 0.3) is 0 Å². The van der Waals surface area contributed by atoms with Crippen molar-refractivity contribution in [1.82, 2.24) is 0 Å². The molecular weight excluding hydrogens is 329 g/mol. The largest absolute Gasteiger partial charge is 0.573 e. The van der Waals surface area contributed by atoms with Gasteiger partial charge in [-0.25, -0.2) is 13.6 Å². The molecule has 1 aromatic carbocycles. The van der Waals surface area contributed by atoms with Crippen molar-refractivity contribution in [3.63, 3.8) is 0 Å². The molecule has 1 rings (SSSR count). The number of alkyl halides is 3. The van der Waals surface area contributed by atoms with Crippen LogP contribution in [0.5, 0.6) is 5.75 Å². The minimum Gasteiger partial charge on any atom is -0.402 e. The van der Waals surface area contributed by atoms with E-state index in [1.807, 2.05) is 0 Å². The summed E-state index contributed by atoms with van der Waals surface area (Å²) < 4.78 is 61.4. The van der Waals surface area contributed by atoms with E-state index in [-0.39, 0.29) is 5.69 Å². The zero-order chi connectivity index (χ0) is 13.4. The van der Waals surface area contributed by atoms with E-state index >= 15 is 0 Å². The number of halogens is 4. The van der Waals surface area contributed by atoms with Gasteiger partial charge in [-0.1, -0.05) is 0 Å². The Bertz CT molecular complexity index is 544. The molecule has 0 bridgehead atoms. The summed E-state index contributed by atoms with van der Waals surface area (Å²) in [5.41, 5.74) is 4.88. The third-order valence-corrected chi connectivity index (χ3v) is 3.62. The van der Waals surface area contributed by atoms with E-state index in [2.05, 4.69) is 20.7 Å². The molecule has 0 unspecified atom stereocenters. The molecule has 5 nitrogen and oxygen atoms in total. The fourth-order valence-electron chi connectivity index (χ4n) is 0.992. The average molecular weight is 335 g/mol. The first-order valence-electron chi connectivity index (χ1n) is 3.89. The Morgan fingerprint density at radius 2 is 1.82 bits per heavy atom. The van der Waals surface area contributed by atoms with Gasteiger partial charge in [0.2, 0.25) is 10.0 Å². The van der Waals surface area contributed by atoms with Gasteiger partial charge in [0.05, 0.1) is 15.1 Å². The molecule has 0 saturated carbocycles. The van der Waals surface area contributed by atoms with Crippen molar-refractivity contribution in [3.05, 3.63) is 16.6 Å². The molecule has 0 aliphatic heterocycles. The molecule has 17 heavy (non-hydrogen) atoms. The number of sulfonamides is 1. The number of anilines is 1. The van der Waals surface area contributed by atoms with Crippen molar-refractivity contribution in [2.75, 3.05) is 5.73 Å². The molecule has 0 aliphatic carbocycles. The van der Waals surface area contributed by atoms with Gasteiger partial charge in [0.15, 0.2) is 5.75 Å². The number of benzene rings is 1. The molecule has 1 aromatic rings. The molecular formula is C7H6BrF3N2O3S. The van der Waals surface area contributed by atoms with Crippen molar-refractivity contribution in [2.24, 2.45) is 5.14 Å². The van der Waals surface area contributed by atoms with Crippen molar-refractivity contribution in [1.29, 1.82) is 0 Å². The topological polar surface area (TPSA) is 95.4 Å². The summed E-state index contributed by atoms with van der Waals surface area (Å²) >= 11 is 2.66. The lowest BCUT2D eigenvalue weighted by atomic mass is 10.3. The number of nitrogen functional groups attached to an aromatic ring is 1. The highest BCUT2D eigenvalue weighted by atomic mass is 79.9. The van der Waals surface area contributed by atoms with Crippen molar-refractivity contribution < 1.29 is 26.3 Å². The number of nitrogens with two attached hydrogens (primary N) is 2. The van der Waals surface area contributed by atoms with Gasteiger partial charge in [0, 0.05) is 0 Å². The van der Waals surface area contributed by atoms with Crippen LogP contribution in [-0.4, -0.2) is 14.8 Å². The van der Waals surface area contributed by atoms with Gasteiger partial charge in [-0.05, 0) is 28.1 Å². The molecule has 0 spiro atoms. The Morgan fingerprint density at radius 3 is 2.24 bits per heavy atom. The lowest BCUT2D eigenvalue weighted by molar-refractivity contribution is -0.274. The Morgan fingerprint density at radius 1 is 1.29 bits per heavy atom. The minimum atomic E-state index is -4.99. The van der Waals surface area contributed by atoms with Gasteiger partial charge in [-0.15, -0.1) is 13.2 Å². The smallest absolute Gasteiger partial charge is 0.402 e. The van der Waals surface area contributed by atoms with Crippen LogP contribution in [0.2, 0.25) is 0 Å². The van der Waals surface area contributed by atoms with Crippen LogP contribution in [0.15, 0.2) is 21.5 Å². The summed E-state index contributed by atoms with van der Waals surface area (Å²) in [6.07, 6.45) is -4.99. The standard InChI is InChI=1S/C7H6BrF3N2O3S/c8-5-4(17(13,14)15)2-1-3(12)6(5)16-7(9,10)11/h1-2H,12H2,(H2,13,14,15). The first kappa shape index (κ1) is 14.1. The molecule has 10 heteroatoms. The summed E-state index contributed by atoms with van der Waals surface area (Å²) in [6, 6.07) is 1.92. The summed E-state index contributed by atoms with van der Waals surface area (Å²) in [4.78, 5) is -0.550. The normalized spacial score (nSPS) is 12.5. The van der Waals surface area contributed by atoms with Gasteiger partial charge in [-0.3, -0.25) is 0 Å². The first-order chi connectivity index (χ1) is 7.52. The van der Waals surface area contributed by atoms with Crippen LogP contribution < -0.4 is 15.6 Å². The second kappa shape index (κ2) is 4.35. The third kappa shape index (κ3) is 3.48. The van der Waals surface area contributed by atoms with Crippen LogP contribution in [-0.2, 0) is 10.0 Å². The van der Waals surface area contributed by atoms with Crippen molar-refractivity contribution >= 4 is 31.6 Å². The fraction of sp³-hybridized carbons (Fsp3) is 0.143. The monoisotopic (exact) mass is 334 g/mol. The SMILES string of the molecule is Nc1ccc(S(N)(=O)=O)c(Br)c1OC(F)(F)F. The zero-order valence-electron chi connectivity index (χ0n) is 7.95. The molecule has 4 N–H and O–H groups in total. The summed E-state index contributed by atoms with van der Waals surface area (Å²) in [5.74, 6) is -0.843. The van der Waals surface area contributed by atoms with Gasteiger partial charge in [0.25, 0.3) is 0 Å². The van der Waals surface area contributed by atoms with Crippen molar-refractivity contribution in [3.8, 4) is 5.75 Å². The van der Waals surface area contributed by atoms with Crippen LogP contribution >= 0.6 is 15.9 Å². The number of hydrogen-bond donors (Lipinski definition) is 2. The first-order valence-corrected chi connectivity index (χ1v) is 6.23. The molecule has 0 atom stereocenters. The number of hydrogen-bond acceptors (Lipinski definition) is 4. The summed E-state index contributed by atoms with van der Waals surface area (Å²) in [5, 5.41) is 4.80. The Hall–Kier alpha value is -1.00. The van der Waals surface area contributed by atoms with E-state index in [1.165, 1.54) is 0 Å². The van der Waals surface area contributed by atoms with E-state index in [0.717, 1.165) is 12.1 Å².